The summed E-state index contributed by atoms with van der Waals surface area (Å²) in [5.74, 6) is 2.54. The van der Waals surface area contributed by atoms with Gasteiger partial charge in [-0.05, 0) is 42.1 Å². The molecule has 0 N–H and O–H groups in total. The third-order valence-electron chi connectivity index (χ3n) is 6.55. The standard InChI is InChI=1S/C33H38O8Si/c1-3-42(2,40-19-11-14-26-12-5-4-6-13-26)41-29(24-38-32-17-9-7-15-30(32)36-22-27-20-34-27)25-39-33-18-10-8-16-31(33)37-23-28-21-35-28/h3-18,27-29H,1,19-25H2,2H3. The molecule has 222 valence electrons. The number of epoxide rings is 2. The molecule has 0 spiro atoms. The Kier molecular flexibility index (Phi) is 10.7. The van der Waals surface area contributed by atoms with Crippen molar-refractivity contribution in [1.29, 1.82) is 0 Å². The molecule has 0 aliphatic carbocycles. The second kappa shape index (κ2) is 15.0. The summed E-state index contributed by atoms with van der Waals surface area (Å²) in [6, 6.07) is 25.2. The predicted molar refractivity (Wildman–Crippen MR) is 162 cm³/mol. The molecule has 5 rings (SSSR count). The Balaban J connectivity index is 1.24. The minimum atomic E-state index is -2.81. The SMILES string of the molecule is C=C[Si](C)(OCC=Cc1ccccc1)OC(COc1ccccc1OCC1CO1)COc1ccccc1OCC1CO1. The summed E-state index contributed by atoms with van der Waals surface area (Å²) in [4.78, 5) is 0. The van der Waals surface area contributed by atoms with Crippen molar-refractivity contribution in [1.82, 2.24) is 0 Å². The summed E-state index contributed by atoms with van der Waals surface area (Å²) in [5, 5.41) is 0. The molecule has 3 aromatic rings. The summed E-state index contributed by atoms with van der Waals surface area (Å²) in [6.07, 6.45) is 3.81. The van der Waals surface area contributed by atoms with E-state index in [1.807, 2.05) is 97.6 Å². The molecule has 0 saturated carbocycles. The van der Waals surface area contributed by atoms with Crippen LogP contribution in [0.25, 0.3) is 6.08 Å². The fourth-order valence-corrected chi connectivity index (χ4v) is 5.49. The van der Waals surface area contributed by atoms with E-state index in [9.17, 15) is 0 Å². The lowest BCUT2D eigenvalue weighted by Gasteiger charge is -2.29. The molecule has 9 heteroatoms. The lowest BCUT2D eigenvalue weighted by atomic mass is 10.2. The van der Waals surface area contributed by atoms with Crippen LogP contribution in [0.15, 0.2) is 97.2 Å². The second-order valence-corrected chi connectivity index (χ2v) is 13.1. The monoisotopic (exact) mass is 590 g/mol. The van der Waals surface area contributed by atoms with Gasteiger partial charge in [-0.3, -0.25) is 0 Å². The average molecular weight is 591 g/mol. The first-order chi connectivity index (χ1) is 20.6. The Labute approximate surface area is 248 Å². The molecule has 2 aliphatic heterocycles. The highest BCUT2D eigenvalue weighted by Gasteiger charge is 2.32. The van der Waals surface area contributed by atoms with Crippen LogP contribution >= 0.6 is 0 Å². The van der Waals surface area contributed by atoms with E-state index in [1.165, 1.54) is 0 Å². The smallest absolute Gasteiger partial charge is 0.362 e. The Bertz CT molecular complexity index is 1230. The topological polar surface area (TPSA) is 80.4 Å². The molecule has 3 atom stereocenters. The van der Waals surface area contributed by atoms with Crippen LogP contribution in [0.2, 0.25) is 6.55 Å². The lowest BCUT2D eigenvalue weighted by molar-refractivity contribution is 0.0495. The molecule has 8 nitrogen and oxygen atoms in total. The van der Waals surface area contributed by atoms with E-state index in [0.29, 0.717) is 42.8 Å². The first kappa shape index (κ1) is 29.9. The van der Waals surface area contributed by atoms with Gasteiger partial charge in [-0.2, -0.15) is 0 Å². The van der Waals surface area contributed by atoms with Crippen molar-refractivity contribution < 1.29 is 37.3 Å². The number of ether oxygens (including phenoxy) is 6. The Hall–Kier alpha value is -3.60. The molecule has 2 aliphatic rings. The van der Waals surface area contributed by atoms with Crippen LogP contribution < -0.4 is 18.9 Å². The van der Waals surface area contributed by atoms with Crippen molar-refractivity contribution in [3.63, 3.8) is 0 Å². The number of para-hydroxylation sites is 4. The fraction of sp³-hybridized carbons (Fsp3) is 0.333. The minimum absolute atomic E-state index is 0.142. The molecule has 0 amide bonds. The van der Waals surface area contributed by atoms with Gasteiger partial charge < -0.3 is 37.3 Å². The number of hydrogen-bond donors (Lipinski definition) is 0. The van der Waals surface area contributed by atoms with Crippen molar-refractivity contribution >= 4 is 14.6 Å². The van der Waals surface area contributed by atoms with Crippen LogP contribution in [-0.2, 0) is 18.3 Å². The van der Waals surface area contributed by atoms with Gasteiger partial charge in [-0.1, -0.05) is 66.7 Å². The van der Waals surface area contributed by atoms with Gasteiger partial charge in [0.2, 0.25) is 0 Å². The summed E-state index contributed by atoms with van der Waals surface area (Å²) in [5.41, 5.74) is 2.88. The maximum atomic E-state index is 6.57. The van der Waals surface area contributed by atoms with E-state index in [0.717, 1.165) is 18.8 Å². The zero-order chi connectivity index (χ0) is 29.0. The molecule has 0 radical (unpaired) electrons. The molecule has 2 fully saturated rings. The molecule has 42 heavy (non-hydrogen) atoms. The predicted octanol–water partition coefficient (Wildman–Crippen LogP) is 5.61. The molecule has 0 bridgehead atoms. The van der Waals surface area contributed by atoms with Crippen molar-refractivity contribution in [3.05, 3.63) is 103 Å². The van der Waals surface area contributed by atoms with Gasteiger partial charge in [0.15, 0.2) is 23.0 Å². The minimum Gasteiger partial charge on any atom is -0.487 e. The van der Waals surface area contributed by atoms with E-state index in [2.05, 4.69) is 6.58 Å². The summed E-state index contributed by atoms with van der Waals surface area (Å²) >= 11 is 0. The Morgan fingerprint density at radius 3 is 1.71 bits per heavy atom. The molecule has 3 aromatic carbocycles. The zero-order valence-electron chi connectivity index (χ0n) is 23.9. The van der Waals surface area contributed by atoms with Crippen LogP contribution in [-0.4, -0.2) is 73.1 Å². The normalized spacial score (nSPS) is 19.5. The van der Waals surface area contributed by atoms with E-state index in [-0.39, 0.29) is 25.4 Å². The van der Waals surface area contributed by atoms with Crippen molar-refractivity contribution in [3.8, 4) is 23.0 Å². The average Bonchev–Trinajstić information content (AvgIpc) is 3.96. The second-order valence-electron chi connectivity index (χ2n) is 10.1. The first-order valence-electron chi connectivity index (χ1n) is 14.2. The largest absolute Gasteiger partial charge is 0.487 e. The maximum absolute atomic E-state index is 6.57. The van der Waals surface area contributed by atoms with Gasteiger partial charge in [0.05, 0.1) is 19.8 Å². The highest BCUT2D eigenvalue weighted by molar-refractivity contribution is 6.71. The molecule has 3 unspecified atom stereocenters. The van der Waals surface area contributed by atoms with Crippen molar-refractivity contribution in [2.75, 3.05) is 46.2 Å². The van der Waals surface area contributed by atoms with E-state index in [1.54, 1.807) is 5.70 Å². The highest BCUT2D eigenvalue weighted by Crippen LogP contribution is 2.30. The third kappa shape index (κ3) is 9.75. The Morgan fingerprint density at radius 2 is 1.24 bits per heavy atom. The number of benzene rings is 3. The Morgan fingerprint density at radius 1 is 0.762 bits per heavy atom. The van der Waals surface area contributed by atoms with Gasteiger partial charge in [-0.15, -0.1) is 6.58 Å². The van der Waals surface area contributed by atoms with Crippen LogP contribution in [0.5, 0.6) is 23.0 Å². The molecule has 2 saturated heterocycles. The fourth-order valence-electron chi connectivity index (χ4n) is 3.99. The van der Waals surface area contributed by atoms with Crippen molar-refractivity contribution in [2.24, 2.45) is 0 Å². The van der Waals surface area contributed by atoms with Gasteiger partial charge in [0, 0.05) is 0 Å². The summed E-state index contributed by atoms with van der Waals surface area (Å²) in [7, 11) is -2.81. The van der Waals surface area contributed by atoms with Gasteiger partial charge in [0.1, 0.15) is 44.7 Å². The quantitative estimate of drug-likeness (QED) is 0.132. The highest BCUT2D eigenvalue weighted by atomic mass is 28.4. The van der Waals surface area contributed by atoms with Crippen LogP contribution in [0.3, 0.4) is 0 Å². The van der Waals surface area contributed by atoms with E-state index >= 15 is 0 Å². The van der Waals surface area contributed by atoms with Gasteiger partial charge in [0.25, 0.3) is 0 Å². The van der Waals surface area contributed by atoms with E-state index in [4.69, 9.17) is 37.3 Å². The number of rotatable bonds is 19. The molecule has 0 aromatic heterocycles. The van der Waals surface area contributed by atoms with Crippen molar-refractivity contribution in [2.45, 2.75) is 24.9 Å². The molecular weight excluding hydrogens is 552 g/mol. The lowest BCUT2D eigenvalue weighted by Crippen LogP contribution is -2.44. The van der Waals surface area contributed by atoms with Crippen LogP contribution in [0.1, 0.15) is 5.56 Å². The maximum Gasteiger partial charge on any atom is 0.362 e. The van der Waals surface area contributed by atoms with E-state index < -0.39 is 14.7 Å². The third-order valence-corrected chi connectivity index (χ3v) is 8.83. The summed E-state index contributed by atoms with van der Waals surface area (Å²) in [6.45, 7) is 9.20. The van der Waals surface area contributed by atoms with Gasteiger partial charge >= 0.3 is 8.56 Å². The zero-order valence-corrected chi connectivity index (χ0v) is 24.9. The first-order valence-corrected chi connectivity index (χ1v) is 16.6. The summed E-state index contributed by atoms with van der Waals surface area (Å²) < 4.78 is 47.7. The molecular formula is C33H38O8Si. The molecule has 2 heterocycles. The van der Waals surface area contributed by atoms with Crippen LogP contribution in [0.4, 0.5) is 0 Å². The number of hydrogen-bond acceptors (Lipinski definition) is 8. The van der Waals surface area contributed by atoms with Gasteiger partial charge in [-0.25, -0.2) is 0 Å². The van der Waals surface area contributed by atoms with Crippen LogP contribution in [0, 0.1) is 0 Å².